The Morgan fingerprint density at radius 3 is 2.62 bits per heavy atom. The minimum absolute atomic E-state index is 0.110. The lowest BCUT2D eigenvalue weighted by molar-refractivity contribution is -0.274. The van der Waals surface area contributed by atoms with Gasteiger partial charge in [-0.2, -0.15) is 0 Å². The fourth-order valence-corrected chi connectivity index (χ4v) is 3.55. The molecule has 136 valence electrons. The maximum absolute atomic E-state index is 12.7. The van der Waals surface area contributed by atoms with Crippen LogP contribution in [0.25, 0.3) is 16.8 Å². The Balaban J connectivity index is 1.76. The largest absolute Gasteiger partial charge is 0.573 e. The van der Waals surface area contributed by atoms with Gasteiger partial charge in [0.15, 0.2) is 0 Å². The van der Waals surface area contributed by atoms with Crippen LogP contribution in [0, 0.1) is 0 Å². The maximum atomic E-state index is 12.7. The number of benzene rings is 1. The van der Waals surface area contributed by atoms with Gasteiger partial charge < -0.3 is 10.1 Å². The first-order valence-corrected chi connectivity index (χ1v) is 8.65. The van der Waals surface area contributed by atoms with Gasteiger partial charge in [-0.25, -0.2) is 0 Å². The lowest BCUT2D eigenvalue weighted by atomic mass is 10.0. The number of halogens is 4. The smallest absolute Gasteiger partial charge is 0.405 e. The van der Waals surface area contributed by atoms with Crippen LogP contribution in [0.1, 0.15) is 30.5 Å². The predicted molar refractivity (Wildman–Crippen MR) is 93.8 cm³/mol. The molecule has 1 spiro atoms. The zero-order chi connectivity index (χ0) is 18.5. The van der Waals surface area contributed by atoms with Crippen molar-refractivity contribution in [1.29, 1.82) is 0 Å². The summed E-state index contributed by atoms with van der Waals surface area (Å²) in [6.45, 7) is 4.10. The van der Waals surface area contributed by atoms with Crippen molar-refractivity contribution in [3.8, 4) is 16.9 Å². The van der Waals surface area contributed by atoms with Crippen molar-refractivity contribution in [3.05, 3.63) is 53.3 Å². The number of nitrogens with one attached hydrogen (secondary N) is 1. The van der Waals surface area contributed by atoms with Crippen LogP contribution in [-0.2, 0) is 6.42 Å². The summed E-state index contributed by atoms with van der Waals surface area (Å²) in [5, 5.41) is 3.77. The van der Waals surface area contributed by atoms with Gasteiger partial charge in [0.1, 0.15) is 5.75 Å². The Labute approximate surface area is 153 Å². The zero-order valence-corrected chi connectivity index (χ0v) is 14.5. The first-order valence-electron chi connectivity index (χ1n) is 8.27. The van der Waals surface area contributed by atoms with Crippen molar-refractivity contribution in [3.63, 3.8) is 0 Å². The molecule has 0 unspecified atom stereocenters. The Morgan fingerprint density at radius 1 is 1.15 bits per heavy atom. The van der Waals surface area contributed by atoms with Crippen LogP contribution in [0.5, 0.6) is 5.75 Å². The van der Waals surface area contributed by atoms with E-state index in [0.29, 0.717) is 10.6 Å². The highest BCUT2D eigenvalue weighted by Gasteiger charge is 2.44. The molecule has 26 heavy (non-hydrogen) atoms. The molecular weight excluding hydrogens is 365 g/mol. The second-order valence-electron chi connectivity index (χ2n) is 6.79. The van der Waals surface area contributed by atoms with E-state index < -0.39 is 6.36 Å². The van der Waals surface area contributed by atoms with Gasteiger partial charge >= 0.3 is 6.36 Å². The molecule has 0 amide bonds. The summed E-state index contributed by atoms with van der Waals surface area (Å²) in [5.41, 5.74) is 3.33. The molecule has 1 aliphatic heterocycles. The number of fused-ring (bicyclic) bond motifs is 1. The van der Waals surface area contributed by atoms with Gasteiger partial charge in [0.05, 0.1) is 0 Å². The number of aryl methyl sites for hydroxylation is 1. The van der Waals surface area contributed by atoms with Gasteiger partial charge in [-0.15, -0.1) is 13.2 Å². The molecule has 1 fully saturated rings. The first-order chi connectivity index (χ1) is 12.2. The molecule has 2 aromatic rings. The van der Waals surface area contributed by atoms with E-state index in [-0.39, 0.29) is 16.9 Å². The number of rotatable bonds is 2. The van der Waals surface area contributed by atoms with Gasteiger partial charge in [-0.1, -0.05) is 18.2 Å². The van der Waals surface area contributed by atoms with E-state index in [4.69, 9.17) is 11.6 Å². The Bertz CT molecular complexity index is 891. The minimum Gasteiger partial charge on any atom is -0.405 e. The van der Waals surface area contributed by atoms with E-state index in [1.165, 1.54) is 18.2 Å². The number of hydrogen-bond donors (Lipinski definition) is 1. The molecule has 2 aliphatic rings. The summed E-state index contributed by atoms with van der Waals surface area (Å²) in [5.74, 6) is -0.311. The summed E-state index contributed by atoms with van der Waals surface area (Å²) in [6, 6.07) is 5.82. The van der Waals surface area contributed by atoms with E-state index in [0.717, 1.165) is 42.6 Å². The van der Waals surface area contributed by atoms with E-state index in [1.807, 2.05) is 0 Å². The maximum Gasteiger partial charge on any atom is 0.573 e. The lowest BCUT2D eigenvalue weighted by Gasteiger charge is -2.17. The second kappa shape index (κ2) is 5.91. The predicted octanol–water partition coefficient (Wildman–Crippen LogP) is 5.34. The van der Waals surface area contributed by atoms with Crippen LogP contribution >= 0.6 is 11.6 Å². The van der Waals surface area contributed by atoms with E-state index in [1.54, 1.807) is 12.3 Å². The monoisotopic (exact) mass is 380 g/mol. The third-order valence-electron chi connectivity index (χ3n) is 4.88. The van der Waals surface area contributed by atoms with Crippen LogP contribution in [0.15, 0.2) is 37.0 Å². The average Bonchev–Trinajstić information content (AvgIpc) is 3.34. The first kappa shape index (κ1) is 17.2. The van der Waals surface area contributed by atoms with Crippen LogP contribution < -0.4 is 10.1 Å². The Morgan fingerprint density at radius 2 is 1.92 bits per heavy atom. The highest BCUT2D eigenvalue weighted by molar-refractivity contribution is 6.31. The van der Waals surface area contributed by atoms with Crippen molar-refractivity contribution in [2.75, 3.05) is 0 Å². The van der Waals surface area contributed by atoms with Gasteiger partial charge in [0, 0.05) is 44.8 Å². The van der Waals surface area contributed by atoms with Crippen molar-refractivity contribution in [1.82, 2.24) is 10.3 Å². The van der Waals surface area contributed by atoms with Crippen molar-refractivity contribution in [2.24, 2.45) is 0 Å². The highest BCUT2D eigenvalue weighted by Crippen LogP contribution is 2.44. The van der Waals surface area contributed by atoms with E-state index in [9.17, 15) is 13.2 Å². The average molecular weight is 381 g/mol. The minimum atomic E-state index is -4.79. The fraction of sp³-hybridized carbons (Fsp3) is 0.316. The zero-order valence-electron chi connectivity index (χ0n) is 13.8. The van der Waals surface area contributed by atoms with Gasteiger partial charge in [-0.05, 0) is 49.9 Å². The molecule has 1 aliphatic carbocycles. The molecule has 7 heteroatoms. The molecule has 2 heterocycles. The number of pyridine rings is 1. The van der Waals surface area contributed by atoms with Gasteiger partial charge in [-0.3, -0.25) is 4.98 Å². The van der Waals surface area contributed by atoms with Crippen LogP contribution in [-0.4, -0.2) is 16.9 Å². The third-order valence-corrected chi connectivity index (χ3v) is 5.12. The molecule has 1 aromatic heterocycles. The van der Waals surface area contributed by atoms with E-state index >= 15 is 0 Å². The molecule has 0 atom stereocenters. The van der Waals surface area contributed by atoms with Crippen LogP contribution in [0.2, 0.25) is 5.02 Å². The Kier molecular flexibility index (Phi) is 3.91. The summed E-state index contributed by atoms with van der Waals surface area (Å²) in [6.07, 6.45) is 0.765. The number of nitrogens with zero attached hydrogens (tertiary/aromatic N) is 1. The van der Waals surface area contributed by atoms with Crippen LogP contribution in [0.4, 0.5) is 13.2 Å². The quantitative estimate of drug-likeness (QED) is 0.763. The summed E-state index contributed by atoms with van der Waals surface area (Å²) in [4.78, 5) is 4.49. The molecule has 0 bridgehead atoms. The highest BCUT2D eigenvalue weighted by atomic mass is 35.5. The van der Waals surface area contributed by atoms with Gasteiger partial charge in [0.2, 0.25) is 0 Å². The number of ether oxygens (including phenoxy) is 1. The Hall–Kier alpha value is -2.21. The summed E-state index contributed by atoms with van der Waals surface area (Å²) < 4.78 is 42.3. The molecule has 1 saturated carbocycles. The summed E-state index contributed by atoms with van der Waals surface area (Å²) >= 11 is 5.99. The molecule has 1 N–H and O–H groups in total. The van der Waals surface area contributed by atoms with Crippen molar-refractivity contribution >= 4 is 17.3 Å². The number of hydrogen-bond acceptors (Lipinski definition) is 3. The molecule has 3 nitrogen and oxygen atoms in total. The second-order valence-corrected chi connectivity index (χ2v) is 7.23. The molecule has 1 aromatic carbocycles. The SMILES string of the molecule is C=C1NC2(CCc3ncc(-c4cc(Cl)ccc4OC(F)(F)F)cc31)CC2. The number of aromatic nitrogens is 1. The molecule has 0 saturated heterocycles. The lowest BCUT2D eigenvalue weighted by Crippen LogP contribution is -2.27. The van der Waals surface area contributed by atoms with Crippen molar-refractivity contribution in [2.45, 2.75) is 37.6 Å². The molecular formula is C19H16ClF3N2O. The summed E-state index contributed by atoms with van der Waals surface area (Å²) in [7, 11) is 0. The van der Waals surface area contributed by atoms with Crippen LogP contribution in [0.3, 0.4) is 0 Å². The fourth-order valence-electron chi connectivity index (χ4n) is 3.38. The number of alkyl halides is 3. The topological polar surface area (TPSA) is 34.2 Å². The third kappa shape index (κ3) is 3.38. The normalized spacial score (nSPS) is 18.1. The standard InChI is InChI=1S/C19H16ClF3N2O/c1-11-14-8-12(10-24-16(14)4-5-18(25-11)6-7-18)15-9-13(20)2-3-17(15)26-19(21,22)23/h2-3,8-10,25H,1,4-7H2. The molecule has 4 rings (SSSR count). The van der Waals surface area contributed by atoms with Gasteiger partial charge in [0.25, 0.3) is 0 Å². The van der Waals surface area contributed by atoms with Crippen molar-refractivity contribution < 1.29 is 17.9 Å². The molecule has 0 radical (unpaired) electrons. The van der Waals surface area contributed by atoms with E-state index in [2.05, 4.69) is 21.6 Å².